The number of carbonyl (C=O) groups excluding carboxylic acids is 1. The third kappa shape index (κ3) is 5.45. The maximum atomic E-state index is 12.5. The van der Waals surface area contributed by atoms with Gasteiger partial charge in [0.15, 0.2) is 0 Å². The number of hydrogen-bond donors (Lipinski definition) is 2. The first-order valence-corrected chi connectivity index (χ1v) is 7.68. The predicted molar refractivity (Wildman–Crippen MR) is 88.4 cm³/mol. The van der Waals surface area contributed by atoms with Crippen molar-refractivity contribution < 1.29 is 18.3 Å². The summed E-state index contributed by atoms with van der Waals surface area (Å²) in [5.74, 6) is -2.13. The molecule has 0 radical (unpaired) electrons. The number of rotatable bonds is 7. The van der Waals surface area contributed by atoms with Gasteiger partial charge in [0.1, 0.15) is 5.75 Å². The highest BCUT2D eigenvalue weighted by atomic mass is 32.2. The molecule has 1 amide bonds. The Morgan fingerprint density at radius 3 is 2.52 bits per heavy atom. The van der Waals surface area contributed by atoms with Gasteiger partial charge in [-0.25, -0.2) is 0 Å². The van der Waals surface area contributed by atoms with Gasteiger partial charge >= 0.3 is 0 Å². The van der Waals surface area contributed by atoms with Crippen molar-refractivity contribution in [2.24, 2.45) is 0 Å². The fraction of sp³-hybridized carbons (Fsp3) is 0.188. The lowest BCUT2D eigenvalue weighted by atomic mass is 10.3. The second kappa shape index (κ2) is 8.38. The molecule has 0 spiro atoms. The first kappa shape index (κ1) is 17.1. The molecule has 2 N–H and O–H groups in total. The van der Waals surface area contributed by atoms with E-state index >= 15 is 0 Å². The Labute approximate surface area is 137 Å². The Kier molecular flexibility index (Phi) is 6.22. The van der Waals surface area contributed by atoms with Gasteiger partial charge in [0.25, 0.3) is 5.76 Å². The van der Waals surface area contributed by atoms with Gasteiger partial charge < -0.3 is 15.4 Å². The molecular weight excluding hydrogens is 322 g/mol. The molecule has 0 saturated carbocycles. The van der Waals surface area contributed by atoms with Crippen molar-refractivity contribution in [1.29, 1.82) is 0 Å². The maximum absolute atomic E-state index is 12.5. The van der Waals surface area contributed by atoms with Crippen LogP contribution < -0.4 is 15.4 Å². The summed E-state index contributed by atoms with van der Waals surface area (Å²) in [5.41, 5.74) is 1.13. The van der Waals surface area contributed by atoms with Crippen LogP contribution in [0.3, 0.4) is 0 Å². The fourth-order valence-electron chi connectivity index (χ4n) is 1.85. The zero-order valence-corrected chi connectivity index (χ0v) is 13.2. The van der Waals surface area contributed by atoms with E-state index in [0.717, 1.165) is 11.4 Å². The highest BCUT2D eigenvalue weighted by molar-refractivity contribution is 7.99. The van der Waals surface area contributed by atoms with Crippen molar-refractivity contribution in [2.45, 2.75) is 10.7 Å². The lowest BCUT2D eigenvalue weighted by molar-refractivity contribution is -0.114. The average Bonchev–Trinajstić information content (AvgIpc) is 2.55. The molecule has 2 aromatic carbocycles. The first-order valence-electron chi connectivity index (χ1n) is 6.80. The smallest absolute Gasteiger partial charge is 0.288 e. The second-order valence-electron chi connectivity index (χ2n) is 4.50. The third-order valence-corrected chi connectivity index (χ3v) is 3.71. The van der Waals surface area contributed by atoms with E-state index in [1.807, 2.05) is 0 Å². The van der Waals surface area contributed by atoms with Crippen LogP contribution >= 0.6 is 11.8 Å². The van der Waals surface area contributed by atoms with E-state index in [1.54, 1.807) is 55.6 Å². The van der Waals surface area contributed by atoms with Crippen molar-refractivity contribution in [3.63, 3.8) is 0 Å². The predicted octanol–water partition coefficient (Wildman–Crippen LogP) is 4.06. The molecule has 0 unspecified atom stereocenters. The zero-order chi connectivity index (χ0) is 16.7. The van der Waals surface area contributed by atoms with Crippen LogP contribution in [0.25, 0.3) is 0 Å². The number of halogens is 2. The number of alkyl halides is 2. The van der Waals surface area contributed by atoms with E-state index in [-0.39, 0.29) is 12.5 Å². The number of carbonyl (C=O) groups is 1. The van der Waals surface area contributed by atoms with Crippen molar-refractivity contribution in [1.82, 2.24) is 0 Å². The molecule has 0 bridgehead atoms. The average molecular weight is 338 g/mol. The minimum atomic E-state index is -2.54. The van der Waals surface area contributed by atoms with Crippen LogP contribution in [0, 0.1) is 0 Å². The molecule has 0 aliphatic heterocycles. The number of ether oxygens (including phenoxy) is 1. The largest absolute Gasteiger partial charge is 0.497 e. The van der Waals surface area contributed by atoms with Crippen LogP contribution in [0.4, 0.5) is 20.2 Å². The minimum absolute atomic E-state index is 0.0278. The minimum Gasteiger partial charge on any atom is -0.497 e. The molecule has 0 atom stereocenters. The van der Waals surface area contributed by atoms with E-state index in [4.69, 9.17) is 4.74 Å². The number of hydrogen-bond acceptors (Lipinski definition) is 4. The number of para-hydroxylation sites is 1. The molecule has 2 aromatic rings. The van der Waals surface area contributed by atoms with Gasteiger partial charge in [-0.1, -0.05) is 23.9 Å². The van der Waals surface area contributed by atoms with Gasteiger partial charge in [0.2, 0.25) is 5.91 Å². The summed E-state index contributed by atoms with van der Waals surface area (Å²) in [4.78, 5) is 12.3. The van der Waals surface area contributed by atoms with Crippen molar-refractivity contribution in [3.8, 4) is 5.75 Å². The summed E-state index contributed by atoms with van der Waals surface area (Å²) in [6, 6.07) is 13.6. The molecule has 0 aliphatic rings. The van der Waals surface area contributed by atoms with E-state index in [2.05, 4.69) is 10.6 Å². The van der Waals surface area contributed by atoms with Gasteiger partial charge in [-0.15, -0.1) is 0 Å². The van der Waals surface area contributed by atoms with E-state index in [9.17, 15) is 13.6 Å². The monoisotopic (exact) mass is 338 g/mol. The lowest BCUT2D eigenvalue weighted by Gasteiger charge is -2.11. The molecule has 0 fully saturated rings. The summed E-state index contributed by atoms with van der Waals surface area (Å²) in [7, 11) is 1.57. The quantitative estimate of drug-likeness (QED) is 0.748. The first-order chi connectivity index (χ1) is 11.1. The van der Waals surface area contributed by atoms with Gasteiger partial charge in [-0.2, -0.15) is 8.78 Å². The van der Waals surface area contributed by atoms with Gasteiger partial charge in [-0.05, 0) is 36.4 Å². The number of amides is 1. The molecule has 4 nitrogen and oxygen atoms in total. The van der Waals surface area contributed by atoms with Crippen molar-refractivity contribution >= 4 is 29.0 Å². The SMILES string of the molecule is COc1ccc(NCC(=O)Nc2ccccc2SC(F)F)cc1. The number of methoxy groups -OCH3 is 1. The fourth-order valence-corrected chi connectivity index (χ4v) is 2.45. The highest BCUT2D eigenvalue weighted by Gasteiger charge is 2.11. The topological polar surface area (TPSA) is 50.4 Å². The molecule has 122 valence electrons. The number of nitrogens with one attached hydrogen (secondary N) is 2. The maximum Gasteiger partial charge on any atom is 0.288 e. The second-order valence-corrected chi connectivity index (χ2v) is 5.54. The summed E-state index contributed by atoms with van der Waals surface area (Å²) >= 11 is 0.403. The summed E-state index contributed by atoms with van der Waals surface area (Å²) < 4.78 is 30.0. The molecule has 0 heterocycles. The van der Waals surface area contributed by atoms with E-state index in [0.29, 0.717) is 22.3 Å². The Morgan fingerprint density at radius 1 is 1.17 bits per heavy atom. The molecule has 0 aromatic heterocycles. The van der Waals surface area contributed by atoms with Crippen LogP contribution in [0.5, 0.6) is 5.75 Å². The summed E-state index contributed by atoms with van der Waals surface area (Å²) in [5, 5.41) is 5.58. The highest BCUT2D eigenvalue weighted by Crippen LogP contribution is 2.31. The number of thioether (sulfide) groups is 1. The van der Waals surface area contributed by atoms with Gasteiger partial charge in [-0.3, -0.25) is 4.79 Å². The number of benzene rings is 2. The third-order valence-electron chi connectivity index (χ3n) is 2.92. The zero-order valence-electron chi connectivity index (χ0n) is 12.4. The molecular formula is C16H16F2N2O2S. The van der Waals surface area contributed by atoms with Crippen LogP contribution in [0.2, 0.25) is 0 Å². The summed E-state index contributed by atoms with van der Waals surface area (Å²) in [6.45, 7) is 0.0278. The molecule has 0 aliphatic carbocycles. The van der Waals surface area contributed by atoms with Crippen LogP contribution in [0.15, 0.2) is 53.4 Å². The molecule has 0 saturated heterocycles. The molecule has 23 heavy (non-hydrogen) atoms. The van der Waals surface area contributed by atoms with Crippen LogP contribution in [-0.4, -0.2) is 25.3 Å². The van der Waals surface area contributed by atoms with Gasteiger partial charge in [0, 0.05) is 10.6 Å². The molecule has 7 heteroatoms. The Balaban J connectivity index is 1.91. The van der Waals surface area contributed by atoms with E-state index < -0.39 is 5.76 Å². The van der Waals surface area contributed by atoms with Crippen molar-refractivity contribution in [3.05, 3.63) is 48.5 Å². The van der Waals surface area contributed by atoms with Crippen LogP contribution in [0.1, 0.15) is 0 Å². The normalized spacial score (nSPS) is 10.4. The molecule has 2 rings (SSSR count). The number of anilines is 2. The van der Waals surface area contributed by atoms with Crippen LogP contribution in [-0.2, 0) is 4.79 Å². The lowest BCUT2D eigenvalue weighted by Crippen LogP contribution is -2.22. The standard InChI is InChI=1S/C16H16F2N2O2S/c1-22-12-8-6-11(7-9-12)19-10-15(21)20-13-4-2-3-5-14(13)23-16(17)18/h2-9,16,19H,10H2,1H3,(H,20,21). The van der Waals surface area contributed by atoms with Crippen molar-refractivity contribution in [2.75, 3.05) is 24.3 Å². The Hall–Kier alpha value is -2.28. The van der Waals surface area contributed by atoms with E-state index in [1.165, 1.54) is 0 Å². The Morgan fingerprint density at radius 2 is 1.87 bits per heavy atom. The summed E-state index contributed by atoms with van der Waals surface area (Å²) in [6.07, 6.45) is 0. The van der Waals surface area contributed by atoms with Gasteiger partial charge in [0.05, 0.1) is 19.3 Å². The Bertz CT molecular complexity index is 651.